The number of hydrogen-bond acceptors (Lipinski definition) is 4. The van der Waals surface area contributed by atoms with Crippen molar-refractivity contribution in [2.24, 2.45) is 0 Å². The lowest BCUT2D eigenvalue weighted by Gasteiger charge is -2.03. The first kappa shape index (κ1) is 12.7. The van der Waals surface area contributed by atoms with E-state index in [1.807, 2.05) is 0 Å². The van der Waals surface area contributed by atoms with Gasteiger partial charge in [0.25, 0.3) is 5.91 Å². The van der Waals surface area contributed by atoms with E-state index in [9.17, 15) is 4.79 Å². The molecule has 19 heavy (non-hydrogen) atoms. The molecule has 0 radical (unpaired) electrons. The van der Waals surface area contributed by atoms with Crippen LogP contribution in [0, 0.1) is 11.8 Å². The molecule has 94 valence electrons. The molecular weight excluding hydrogens is 242 g/mol. The van der Waals surface area contributed by atoms with Crippen LogP contribution in [0.4, 0.5) is 5.69 Å². The Morgan fingerprint density at radius 3 is 2.84 bits per heavy atom. The lowest BCUT2D eigenvalue weighted by atomic mass is 10.2. The van der Waals surface area contributed by atoms with Crippen molar-refractivity contribution in [3.63, 3.8) is 0 Å². The smallest absolute Gasteiger partial charge is 0.274 e. The number of aliphatic hydroxyl groups excluding tert-OH is 1. The van der Waals surface area contributed by atoms with Gasteiger partial charge in [0.05, 0.1) is 11.9 Å². The van der Waals surface area contributed by atoms with Gasteiger partial charge in [-0.1, -0.05) is 11.8 Å². The maximum atomic E-state index is 11.9. The van der Waals surface area contributed by atoms with E-state index in [1.54, 1.807) is 36.7 Å². The lowest BCUT2D eigenvalue weighted by Crippen LogP contribution is -2.13. The minimum Gasteiger partial charge on any atom is -0.384 e. The predicted molar refractivity (Wildman–Crippen MR) is 70.4 cm³/mol. The number of amides is 1. The van der Waals surface area contributed by atoms with Crippen molar-refractivity contribution in [2.75, 3.05) is 11.9 Å². The summed E-state index contributed by atoms with van der Waals surface area (Å²) in [5.74, 6) is 4.91. The zero-order chi connectivity index (χ0) is 13.5. The molecule has 2 N–H and O–H groups in total. The summed E-state index contributed by atoms with van der Waals surface area (Å²) in [6, 6.07) is 6.73. The summed E-state index contributed by atoms with van der Waals surface area (Å²) in [6.07, 6.45) is 4.67. The van der Waals surface area contributed by atoms with Crippen LogP contribution in [0.1, 0.15) is 16.1 Å². The molecule has 1 amide bonds. The van der Waals surface area contributed by atoms with Gasteiger partial charge in [-0.25, -0.2) is 4.98 Å². The van der Waals surface area contributed by atoms with Gasteiger partial charge in [0.1, 0.15) is 12.3 Å². The zero-order valence-electron chi connectivity index (χ0n) is 10.00. The fourth-order valence-electron chi connectivity index (χ4n) is 1.38. The van der Waals surface area contributed by atoms with Crippen molar-refractivity contribution >= 4 is 11.6 Å². The van der Waals surface area contributed by atoms with Crippen LogP contribution in [-0.2, 0) is 0 Å². The van der Waals surface area contributed by atoms with Crippen LogP contribution in [0.15, 0.2) is 42.9 Å². The Bertz CT molecular complexity index is 613. The van der Waals surface area contributed by atoms with Gasteiger partial charge in [-0.15, -0.1) is 0 Å². The molecule has 0 fully saturated rings. The van der Waals surface area contributed by atoms with Gasteiger partial charge in [0.2, 0.25) is 0 Å². The topological polar surface area (TPSA) is 75.1 Å². The Morgan fingerprint density at radius 1 is 1.32 bits per heavy atom. The van der Waals surface area contributed by atoms with Crippen molar-refractivity contribution in [3.8, 4) is 11.8 Å². The van der Waals surface area contributed by atoms with E-state index < -0.39 is 0 Å². The third-order valence-corrected chi connectivity index (χ3v) is 2.23. The minimum absolute atomic E-state index is 0.205. The summed E-state index contributed by atoms with van der Waals surface area (Å²) in [4.78, 5) is 19.8. The van der Waals surface area contributed by atoms with Gasteiger partial charge in [-0.05, 0) is 24.3 Å². The van der Waals surface area contributed by atoms with Gasteiger partial charge >= 0.3 is 0 Å². The van der Waals surface area contributed by atoms with E-state index in [4.69, 9.17) is 5.11 Å². The van der Waals surface area contributed by atoms with Crippen molar-refractivity contribution in [3.05, 3.63) is 54.1 Å². The predicted octanol–water partition coefficient (Wildman–Crippen LogP) is 1.07. The standard InChI is InChI=1S/C14H11N3O2/c18-8-2-3-11-5-6-13(16-9-11)14(19)17-12-4-1-7-15-10-12/h1,4-7,9-10,18H,8H2,(H,17,19). The highest BCUT2D eigenvalue weighted by atomic mass is 16.2. The molecule has 0 saturated carbocycles. The third kappa shape index (κ3) is 3.63. The van der Waals surface area contributed by atoms with Crippen LogP contribution in [0.2, 0.25) is 0 Å². The van der Waals surface area contributed by atoms with Crippen LogP contribution in [0.5, 0.6) is 0 Å². The summed E-state index contributed by atoms with van der Waals surface area (Å²) in [6.45, 7) is -0.205. The largest absolute Gasteiger partial charge is 0.384 e. The zero-order valence-corrected chi connectivity index (χ0v) is 10.00. The highest BCUT2D eigenvalue weighted by Gasteiger charge is 2.06. The van der Waals surface area contributed by atoms with E-state index in [0.717, 1.165) is 0 Å². The minimum atomic E-state index is -0.310. The first-order valence-electron chi connectivity index (χ1n) is 5.57. The Hall–Kier alpha value is -2.71. The normalized spacial score (nSPS) is 9.32. The molecule has 0 unspecified atom stereocenters. The SMILES string of the molecule is O=C(Nc1cccnc1)c1ccc(C#CCO)cn1. The van der Waals surface area contributed by atoms with E-state index in [0.29, 0.717) is 16.9 Å². The number of aliphatic hydroxyl groups is 1. The molecular formula is C14H11N3O2. The molecule has 2 aromatic heterocycles. The number of anilines is 1. The van der Waals surface area contributed by atoms with Crippen LogP contribution in [0.3, 0.4) is 0 Å². The first-order chi connectivity index (χ1) is 9.29. The number of hydrogen-bond donors (Lipinski definition) is 2. The molecule has 0 spiro atoms. The molecule has 2 heterocycles. The molecule has 0 aliphatic carbocycles. The summed E-state index contributed by atoms with van der Waals surface area (Å²) >= 11 is 0. The maximum absolute atomic E-state index is 11.9. The second-order valence-corrected chi connectivity index (χ2v) is 3.59. The molecule has 2 aromatic rings. The molecule has 0 aromatic carbocycles. The van der Waals surface area contributed by atoms with Crippen LogP contribution in [0.25, 0.3) is 0 Å². The van der Waals surface area contributed by atoms with Crippen molar-refractivity contribution < 1.29 is 9.90 Å². The Kier molecular flexibility index (Phi) is 4.21. The second-order valence-electron chi connectivity index (χ2n) is 3.59. The van der Waals surface area contributed by atoms with E-state index >= 15 is 0 Å². The number of carbonyl (C=O) groups excluding carboxylic acids is 1. The number of nitrogens with zero attached hydrogens (tertiary/aromatic N) is 2. The summed E-state index contributed by atoms with van der Waals surface area (Å²) < 4.78 is 0. The Labute approximate surface area is 110 Å². The molecule has 0 aliphatic rings. The van der Waals surface area contributed by atoms with Crippen LogP contribution >= 0.6 is 0 Å². The number of carbonyl (C=O) groups is 1. The van der Waals surface area contributed by atoms with E-state index in [1.165, 1.54) is 6.20 Å². The van der Waals surface area contributed by atoms with Crippen molar-refractivity contribution in [1.82, 2.24) is 9.97 Å². The van der Waals surface area contributed by atoms with Gasteiger partial charge in [-0.2, -0.15) is 0 Å². The van der Waals surface area contributed by atoms with Gasteiger partial charge < -0.3 is 10.4 Å². The summed E-state index contributed by atoms with van der Waals surface area (Å²) in [7, 11) is 0. The molecule has 5 nitrogen and oxygen atoms in total. The summed E-state index contributed by atoms with van der Waals surface area (Å²) in [5, 5.41) is 11.3. The second kappa shape index (κ2) is 6.28. The molecule has 0 bridgehead atoms. The fraction of sp³-hybridized carbons (Fsp3) is 0.0714. The number of nitrogens with one attached hydrogen (secondary N) is 1. The van der Waals surface area contributed by atoms with Crippen LogP contribution < -0.4 is 5.32 Å². The summed E-state index contributed by atoms with van der Waals surface area (Å²) in [5.41, 5.74) is 1.55. The molecule has 0 atom stereocenters. The fourth-order valence-corrected chi connectivity index (χ4v) is 1.38. The number of pyridine rings is 2. The number of aromatic nitrogens is 2. The average molecular weight is 253 g/mol. The van der Waals surface area contributed by atoms with Gasteiger partial charge in [-0.3, -0.25) is 9.78 Å². The average Bonchev–Trinajstić information content (AvgIpc) is 2.46. The molecule has 0 saturated heterocycles. The quantitative estimate of drug-likeness (QED) is 0.785. The molecule has 0 aliphatic heterocycles. The van der Waals surface area contributed by atoms with E-state index in [-0.39, 0.29) is 12.5 Å². The van der Waals surface area contributed by atoms with Gasteiger partial charge in [0, 0.05) is 18.0 Å². The van der Waals surface area contributed by atoms with E-state index in [2.05, 4.69) is 27.1 Å². The number of rotatable bonds is 2. The molecule has 2 rings (SSSR count). The lowest BCUT2D eigenvalue weighted by molar-refractivity contribution is 0.102. The van der Waals surface area contributed by atoms with Crippen LogP contribution in [-0.4, -0.2) is 27.6 Å². The Balaban J connectivity index is 2.08. The molecule has 5 heteroatoms. The highest BCUT2D eigenvalue weighted by Crippen LogP contribution is 2.06. The van der Waals surface area contributed by atoms with Crippen molar-refractivity contribution in [1.29, 1.82) is 0 Å². The monoisotopic (exact) mass is 253 g/mol. The Morgan fingerprint density at radius 2 is 2.21 bits per heavy atom. The maximum Gasteiger partial charge on any atom is 0.274 e. The van der Waals surface area contributed by atoms with Crippen molar-refractivity contribution in [2.45, 2.75) is 0 Å². The first-order valence-corrected chi connectivity index (χ1v) is 5.57. The van der Waals surface area contributed by atoms with Gasteiger partial charge in [0.15, 0.2) is 0 Å². The highest BCUT2D eigenvalue weighted by molar-refractivity contribution is 6.02. The third-order valence-electron chi connectivity index (χ3n) is 2.23.